The highest BCUT2D eigenvalue weighted by Crippen LogP contribution is 2.25. The molecule has 2 aromatic carbocycles. The smallest absolute Gasteiger partial charge is 0.310 e. The summed E-state index contributed by atoms with van der Waals surface area (Å²) in [5, 5.41) is 0.719. The minimum absolute atomic E-state index is 0.00823. The Morgan fingerprint density at radius 1 is 1.17 bits per heavy atom. The van der Waals surface area contributed by atoms with Crippen LogP contribution < -0.4 is 0 Å². The molecule has 0 saturated carbocycles. The third kappa shape index (κ3) is 6.69. The molecule has 1 atom stereocenters. The second-order valence-corrected chi connectivity index (χ2v) is 7.90. The highest BCUT2D eigenvalue weighted by atomic mass is 35.5. The number of hydrogen-bond acceptors (Lipinski definition) is 4. The second-order valence-electron chi connectivity index (χ2n) is 7.46. The van der Waals surface area contributed by atoms with Gasteiger partial charge in [-0.1, -0.05) is 60.1 Å². The lowest BCUT2D eigenvalue weighted by atomic mass is 9.98. The molecule has 0 N–H and O–H groups in total. The van der Waals surface area contributed by atoms with Gasteiger partial charge in [-0.2, -0.15) is 0 Å². The number of halogens is 1. The Morgan fingerprint density at radius 3 is 2.73 bits per heavy atom. The quantitative estimate of drug-likeness (QED) is 0.414. The minimum Gasteiger partial charge on any atom is -0.466 e. The zero-order valence-electron chi connectivity index (χ0n) is 17.6. The molecule has 1 heterocycles. The van der Waals surface area contributed by atoms with Crippen LogP contribution in [0.5, 0.6) is 0 Å². The fourth-order valence-electron chi connectivity index (χ4n) is 3.81. The molecule has 0 radical (unpaired) electrons. The summed E-state index contributed by atoms with van der Waals surface area (Å²) in [6.07, 6.45) is 4.05. The van der Waals surface area contributed by atoms with Crippen LogP contribution >= 0.6 is 11.6 Å². The molecule has 160 valence electrons. The standard InChI is InChI=1S/C25H30ClNO3/c1-2-30-25(28)22-11-7-14-27(19-22)15-17-29-16-13-24(20-8-4-3-5-9-20)21-10-6-12-23(26)18-21/h3-6,8-10,12-13,18,22H,2,7,11,14-17,19H2,1H3/t22-/m1/s1. The normalized spacial score (nSPS) is 17.7. The summed E-state index contributed by atoms with van der Waals surface area (Å²) < 4.78 is 11.1. The van der Waals surface area contributed by atoms with E-state index in [9.17, 15) is 4.79 Å². The van der Waals surface area contributed by atoms with Crippen molar-refractivity contribution in [2.24, 2.45) is 5.92 Å². The third-order valence-electron chi connectivity index (χ3n) is 5.30. The van der Waals surface area contributed by atoms with Crippen molar-refractivity contribution in [1.82, 2.24) is 4.90 Å². The molecule has 5 heteroatoms. The highest BCUT2D eigenvalue weighted by molar-refractivity contribution is 6.30. The largest absolute Gasteiger partial charge is 0.466 e. The average molecular weight is 428 g/mol. The average Bonchev–Trinajstić information content (AvgIpc) is 2.77. The first kappa shape index (κ1) is 22.5. The number of nitrogens with zero attached hydrogens (tertiary/aromatic N) is 1. The van der Waals surface area contributed by atoms with Gasteiger partial charge in [0.1, 0.15) is 0 Å². The van der Waals surface area contributed by atoms with E-state index in [1.807, 2.05) is 43.3 Å². The number of likely N-dealkylation sites (tertiary alicyclic amines) is 1. The zero-order chi connectivity index (χ0) is 21.2. The van der Waals surface area contributed by atoms with Crippen LogP contribution in [0.15, 0.2) is 60.7 Å². The molecular formula is C25H30ClNO3. The minimum atomic E-state index is -0.0694. The maximum Gasteiger partial charge on any atom is 0.310 e. The number of hydrogen-bond donors (Lipinski definition) is 0. The Bertz CT molecular complexity index is 837. The van der Waals surface area contributed by atoms with Crippen LogP contribution in [0.3, 0.4) is 0 Å². The van der Waals surface area contributed by atoms with E-state index in [0.717, 1.165) is 54.2 Å². The molecule has 1 fully saturated rings. The summed E-state index contributed by atoms with van der Waals surface area (Å²) in [4.78, 5) is 14.3. The molecule has 0 amide bonds. The summed E-state index contributed by atoms with van der Waals surface area (Å²) in [7, 11) is 0. The van der Waals surface area contributed by atoms with Crippen LogP contribution in [0, 0.1) is 5.92 Å². The number of ether oxygens (including phenoxy) is 2. The molecule has 1 aliphatic rings. The van der Waals surface area contributed by atoms with Gasteiger partial charge in [0.2, 0.25) is 0 Å². The van der Waals surface area contributed by atoms with Crippen molar-refractivity contribution < 1.29 is 14.3 Å². The Morgan fingerprint density at radius 2 is 1.97 bits per heavy atom. The predicted octanol–water partition coefficient (Wildman–Crippen LogP) is 5.06. The zero-order valence-corrected chi connectivity index (χ0v) is 18.3. The van der Waals surface area contributed by atoms with Crippen LogP contribution in [0.1, 0.15) is 30.9 Å². The van der Waals surface area contributed by atoms with Gasteiger partial charge in [-0.3, -0.25) is 4.79 Å². The van der Waals surface area contributed by atoms with Gasteiger partial charge in [-0.05, 0) is 55.1 Å². The molecule has 0 bridgehead atoms. The molecular weight excluding hydrogens is 398 g/mol. The highest BCUT2D eigenvalue weighted by Gasteiger charge is 2.26. The first-order valence-corrected chi connectivity index (χ1v) is 11.0. The van der Waals surface area contributed by atoms with Crippen molar-refractivity contribution >= 4 is 23.1 Å². The van der Waals surface area contributed by atoms with E-state index < -0.39 is 0 Å². The Kier molecular flexibility index (Phi) is 8.94. The lowest BCUT2D eigenvalue weighted by Crippen LogP contribution is -2.40. The molecule has 0 unspecified atom stereocenters. The van der Waals surface area contributed by atoms with Crippen molar-refractivity contribution in [2.45, 2.75) is 19.8 Å². The third-order valence-corrected chi connectivity index (χ3v) is 5.54. The molecule has 3 rings (SSSR count). The van der Waals surface area contributed by atoms with Crippen molar-refractivity contribution in [2.75, 3.05) is 39.5 Å². The van der Waals surface area contributed by atoms with E-state index in [0.29, 0.717) is 19.8 Å². The van der Waals surface area contributed by atoms with Crippen LogP contribution in [-0.2, 0) is 14.3 Å². The van der Waals surface area contributed by atoms with Crippen molar-refractivity contribution in [3.8, 4) is 0 Å². The maximum absolute atomic E-state index is 12.0. The van der Waals surface area contributed by atoms with Gasteiger partial charge >= 0.3 is 5.97 Å². The molecule has 30 heavy (non-hydrogen) atoms. The monoisotopic (exact) mass is 427 g/mol. The fourth-order valence-corrected chi connectivity index (χ4v) is 4.00. The van der Waals surface area contributed by atoms with Crippen molar-refractivity contribution in [3.05, 3.63) is 76.8 Å². The van der Waals surface area contributed by atoms with E-state index in [1.165, 1.54) is 0 Å². The van der Waals surface area contributed by atoms with Crippen LogP contribution in [0.2, 0.25) is 5.02 Å². The first-order chi connectivity index (χ1) is 14.7. The van der Waals surface area contributed by atoms with E-state index in [4.69, 9.17) is 21.1 Å². The van der Waals surface area contributed by atoms with E-state index >= 15 is 0 Å². The summed E-state index contributed by atoms with van der Waals surface area (Å²) in [6, 6.07) is 18.1. The van der Waals surface area contributed by atoms with Gasteiger partial charge in [0.15, 0.2) is 0 Å². The fraction of sp³-hybridized carbons (Fsp3) is 0.400. The van der Waals surface area contributed by atoms with E-state index in [1.54, 1.807) is 0 Å². The van der Waals surface area contributed by atoms with Crippen LogP contribution in [-0.4, -0.2) is 50.3 Å². The molecule has 0 aromatic heterocycles. The van der Waals surface area contributed by atoms with Crippen molar-refractivity contribution in [1.29, 1.82) is 0 Å². The molecule has 0 spiro atoms. The lowest BCUT2D eigenvalue weighted by molar-refractivity contribution is -0.150. The number of benzene rings is 2. The Balaban J connectivity index is 1.54. The van der Waals surface area contributed by atoms with Crippen LogP contribution in [0.4, 0.5) is 0 Å². The number of rotatable bonds is 9. The Hall–Kier alpha value is -2.14. The number of esters is 1. The SMILES string of the molecule is CCOC(=O)[C@@H]1CCCN(CCOCC=C(c2ccccc2)c2cccc(Cl)c2)C1. The van der Waals surface area contributed by atoms with E-state index in [2.05, 4.69) is 29.2 Å². The topological polar surface area (TPSA) is 38.8 Å². The molecule has 0 aliphatic carbocycles. The Labute approximate surface area is 184 Å². The molecule has 2 aromatic rings. The van der Waals surface area contributed by atoms with Gasteiger partial charge in [-0.15, -0.1) is 0 Å². The number of carbonyl (C=O) groups excluding carboxylic acids is 1. The summed E-state index contributed by atoms with van der Waals surface area (Å²) in [5.41, 5.74) is 3.32. The molecule has 1 saturated heterocycles. The second kappa shape index (κ2) is 11.9. The van der Waals surface area contributed by atoms with Gasteiger partial charge in [0.25, 0.3) is 0 Å². The summed E-state index contributed by atoms with van der Waals surface area (Å²) in [5.74, 6) is -0.0776. The molecule has 4 nitrogen and oxygen atoms in total. The number of carbonyl (C=O) groups is 1. The van der Waals surface area contributed by atoms with Gasteiger partial charge < -0.3 is 14.4 Å². The van der Waals surface area contributed by atoms with Crippen molar-refractivity contribution in [3.63, 3.8) is 0 Å². The summed E-state index contributed by atoms with van der Waals surface area (Å²) in [6.45, 7) is 6.04. The predicted molar refractivity (Wildman–Crippen MR) is 122 cm³/mol. The van der Waals surface area contributed by atoms with E-state index in [-0.39, 0.29) is 11.9 Å². The number of piperidine rings is 1. The van der Waals surface area contributed by atoms with Crippen LogP contribution in [0.25, 0.3) is 5.57 Å². The maximum atomic E-state index is 12.0. The first-order valence-electron chi connectivity index (χ1n) is 10.7. The van der Waals surface area contributed by atoms with Gasteiger partial charge in [0.05, 0.1) is 25.7 Å². The summed E-state index contributed by atoms with van der Waals surface area (Å²) >= 11 is 6.20. The molecule has 1 aliphatic heterocycles. The lowest BCUT2D eigenvalue weighted by Gasteiger charge is -2.31. The van der Waals surface area contributed by atoms with Gasteiger partial charge in [0, 0.05) is 18.1 Å². The van der Waals surface area contributed by atoms with Gasteiger partial charge in [-0.25, -0.2) is 0 Å².